The molecule has 3 aromatic carbocycles. The van der Waals surface area contributed by atoms with Gasteiger partial charge in [-0.2, -0.15) is 5.26 Å². The third-order valence-electron chi connectivity index (χ3n) is 5.27. The van der Waals surface area contributed by atoms with Gasteiger partial charge in [0, 0.05) is 11.4 Å². The quantitative estimate of drug-likeness (QED) is 0.251. The van der Waals surface area contributed by atoms with Gasteiger partial charge in [0.05, 0.1) is 11.1 Å². The first-order chi connectivity index (χ1) is 17.3. The van der Waals surface area contributed by atoms with Gasteiger partial charge < -0.3 is 20.1 Å². The van der Waals surface area contributed by atoms with Crippen LogP contribution < -0.4 is 20.1 Å². The highest BCUT2D eigenvalue weighted by molar-refractivity contribution is 9.10. The molecule has 0 radical (unpaired) electrons. The second-order valence-electron chi connectivity index (χ2n) is 7.84. The van der Waals surface area contributed by atoms with Gasteiger partial charge in [-0.3, -0.25) is 9.59 Å². The van der Waals surface area contributed by atoms with Crippen LogP contribution in [-0.4, -0.2) is 25.0 Å². The zero-order valence-corrected chi connectivity index (χ0v) is 21.8. The van der Waals surface area contributed by atoms with E-state index in [2.05, 4.69) is 26.6 Å². The molecule has 0 spiro atoms. The molecule has 0 bridgehead atoms. The highest BCUT2D eigenvalue weighted by Gasteiger charge is 2.16. The lowest BCUT2D eigenvalue weighted by atomic mass is 10.1. The van der Waals surface area contributed by atoms with Crippen LogP contribution in [0.15, 0.2) is 70.7 Å². The summed E-state index contributed by atoms with van der Waals surface area (Å²) in [6.07, 6.45) is 1.47. The van der Waals surface area contributed by atoms with E-state index in [0.29, 0.717) is 39.5 Å². The maximum Gasteiger partial charge on any atom is 0.266 e. The molecule has 0 heterocycles. The van der Waals surface area contributed by atoms with Gasteiger partial charge in [-0.05, 0) is 89.8 Å². The van der Waals surface area contributed by atoms with Crippen LogP contribution in [0.4, 0.5) is 11.4 Å². The number of aryl methyl sites for hydroxylation is 1. The summed E-state index contributed by atoms with van der Waals surface area (Å²) in [6, 6.07) is 20.0. The van der Waals surface area contributed by atoms with Crippen LogP contribution in [0.5, 0.6) is 11.5 Å². The average Bonchev–Trinajstić information content (AvgIpc) is 2.85. The molecule has 0 aliphatic rings. The van der Waals surface area contributed by atoms with Crippen molar-refractivity contribution in [2.45, 2.75) is 20.8 Å². The predicted octanol–water partition coefficient (Wildman–Crippen LogP) is 6.03. The van der Waals surface area contributed by atoms with Crippen molar-refractivity contribution in [3.63, 3.8) is 0 Å². The third kappa shape index (κ3) is 6.96. The van der Waals surface area contributed by atoms with Crippen molar-refractivity contribution >= 4 is 45.2 Å². The summed E-state index contributed by atoms with van der Waals surface area (Å²) in [5, 5.41) is 15.2. The Morgan fingerprint density at radius 3 is 2.47 bits per heavy atom. The summed E-state index contributed by atoms with van der Waals surface area (Å²) < 4.78 is 12.0. The van der Waals surface area contributed by atoms with E-state index in [1.54, 1.807) is 30.3 Å². The number of halogens is 1. The molecule has 3 aromatic rings. The number of anilines is 2. The molecule has 7 nitrogen and oxygen atoms in total. The van der Waals surface area contributed by atoms with Crippen molar-refractivity contribution in [3.8, 4) is 17.6 Å². The Bertz CT molecular complexity index is 1330. The minimum absolute atomic E-state index is 0.0684. The zero-order chi connectivity index (χ0) is 26.1. The Kier molecular flexibility index (Phi) is 9.25. The molecule has 2 N–H and O–H groups in total. The van der Waals surface area contributed by atoms with E-state index >= 15 is 0 Å². The SMILES string of the molecule is CCOc1cc(/C=C(\C#N)C(=O)Nc2cccc(C)c2C)cc(Br)c1OCC(=O)Nc1ccccc1. The molecule has 184 valence electrons. The number of nitrogens with zero attached hydrogens (tertiary/aromatic N) is 1. The fourth-order valence-corrected chi connectivity index (χ4v) is 3.90. The average molecular weight is 548 g/mol. The Morgan fingerprint density at radius 1 is 1.03 bits per heavy atom. The van der Waals surface area contributed by atoms with Crippen molar-refractivity contribution in [1.82, 2.24) is 0 Å². The number of ether oxygens (including phenoxy) is 2. The fraction of sp³-hybridized carbons (Fsp3) is 0.179. The smallest absolute Gasteiger partial charge is 0.266 e. The van der Waals surface area contributed by atoms with Gasteiger partial charge in [-0.15, -0.1) is 0 Å². The maximum atomic E-state index is 12.8. The molecular formula is C28H26BrN3O4. The first-order valence-corrected chi connectivity index (χ1v) is 12.0. The minimum Gasteiger partial charge on any atom is -0.490 e. The van der Waals surface area contributed by atoms with Gasteiger partial charge in [0.15, 0.2) is 18.1 Å². The van der Waals surface area contributed by atoms with E-state index in [4.69, 9.17) is 9.47 Å². The van der Waals surface area contributed by atoms with Crippen molar-refractivity contribution in [1.29, 1.82) is 5.26 Å². The number of nitriles is 1. The van der Waals surface area contributed by atoms with Crippen molar-refractivity contribution in [2.75, 3.05) is 23.8 Å². The Morgan fingerprint density at radius 2 is 1.78 bits per heavy atom. The van der Waals surface area contributed by atoms with Crippen molar-refractivity contribution in [3.05, 3.63) is 87.4 Å². The molecule has 8 heteroatoms. The largest absolute Gasteiger partial charge is 0.490 e. The van der Waals surface area contributed by atoms with Gasteiger partial charge in [-0.25, -0.2) is 0 Å². The van der Waals surface area contributed by atoms with Gasteiger partial charge in [0.2, 0.25) is 0 Å². The van der Waals surface area contributed by atoms with Crippen LogP contribution in [0.2, 0.25) is 0 Å². The summed E-state index contributed by atoms with van der Waals surface area (Å²) in [5.74, 6) is -0.124. The van der Waals surface area contributed by atoms with Gasteiger partial charge in [-0.1, -0.05) is 30.3 Å². The normalized spacial score (nSPS) is 10.8. The third-order valence-corrected chi connectivity index (χ3v) is 5.85. The highest BCUT2D eigenvalue weighted by Crippen LogP contribution is 2.37. The molecule has 0 saturated carbocycles. The number of para-hydroxylation sites is 1. The number of hydrogen-bond donors (Lipinski definition) is 2. The molecule has 0 unspecified atom stereocenters. The van der Waals surface area contributed by atoms with Gasteiger partial charge >= 0.3 is 0 Å². The summed E-state index contributed by atoms with van der Waals surface area (Å²) in [7, 11) is 0. The van der Waals surface area contributed by atoms with Crippen LogP contribution in [0.1, 0.15) is 23.6 Å². The van der Waals surface area contributed by atoms with E-state index in [9.17, 15) is 14.9 Å². The van der Waals surface area contributed by atoms with E-state index in [0.717, 1.165) is 11.1 Å². The molecule has 3 rings (SSSR count). The van der Waals surface area contributed by atoms with Crippen LogP contribution in [-0.2, 0) is 9.59 Å². The zero-order valence-electron chi connectivity index (χ0n) is 20.2. The number of amides is 2. The Hall–Kier alpha value is -4.09. The Labute approximate surface area is 218 Å². The monoisotopic (exact) mass is 547 g/mol. The minimum atomic E-state index is -0.516. The Balaban J connectivity index is 1.79. The summed E-state index contributed by atoms with van der Waals surface area (Å²) in [4.78, 5) is 25.1. The summed E-state index contributed by atoms with van der Waals surface area (Å²) >= 11 is 3.46. The number of benzene rings is 3. The van der Waals surface area contributed by atoms with E-state index < -0.39 is 5.91 Å². The van der Waals surface area contributed by atoms with E-state index in [1.165, 1.54) is 6.08 Å². The number of carbonyl (C=O) groups is 2. The van der Waals surface area contributed by atoms with Crippen LogP contribution >= 0.6 is 15.9 Å². The van der Waals surface area contributed by atoms with Crippen LogP contribution in [0.3, 0.4) is 0 Å². The predicted molar refractivity (Wildman–Crippen MR) is 144 cm³/mol. The molecular weight excluding hydrogens is 522 g/mol. The van der Waals surface area contributed by atoms with Crippen molar-refractivity contribution in [2.24, 2.45) is 0 Å². The summed E-state index contributed by atoms with van der Waals surface area (Å²) in [5.41, 5.74) is 3.77. The number of nitrogens with one attached hydrogen (secondary N) is 2. The van der Waals surface area contributed by atoms with E-state index in [1.807, 2.05) is 57.2 Å². The van der Waals surface area contributed by atoms with Crippen LogP contribution in [0.25, 0.3) is 6.08 Å². The molecule has 0 fully saturated rings. The van der Waals surface area contributed by atoms with Crippen LogP contribution in [0, 0.1) is 25.2 Å². The van der Waals surface area contributed by atoms with Crippen molar-refractivity contribution < 1.29 is 19.1 Å². The first kappa shape index (κ1) is 26.5. The lowest BCUT2D eigenvalue weighted by molar-refractivity contribution is -0.118. The second kappa shape index (κ2) is 12.6. The topological polar surface area (TPSA) is 100 Å². The molecule has 0 aliphatic heterocycles. The molecule has 0 atom stereocenters. The molecule has 2 amide bonds. The molecule has 0 aromatic heterocycles. The lowest BCUT2D eigenvalue weighted by Crippen LogP contribution is -2.20. The second-order valence-corrected chi connectivity index (χ2v) is 8.69. The molecule has 0 saturated heterocycles. The lowest BCUT2D eigenvalue weighted by Gasteiger charge is -2.15. The number of rotatable bonds is 9. The number of hydrogen-bond acceptors (Lipinski definition) is 5. The highest BCUT2D eigenvalue weighted by atomic mass is 79.9. The summed E-state index contributed by atoms with van der Waals surface area (Å²) in [6.45, 7) is 5.80. The molecule has 36 heavy (non-hydrogen) atoms. The maximum absolute atomic E-state index is 12.8. The standard InChI is InChI=1S/C28H26BrN3O4/c1-4-35-25-15-20(13-21(16-30)28(34)32-24-12-8-9-18(2)19(24)3)14-23(29)27(25)36-17-26(33)31-22-10-6-5-7-11-22/h5-15H,4,17H2,1-3H3,(H,31,33)(H,32,34)/b21-13+. The van der Waals surface area contributed by atoms with E-state index in [-0.39, 0.29) is 18.1 Å². The fourth-order valence-electron chi connectivity index (χ4n) is 3.32. The number of carbonyl (C=O) groups excluding carboxylic acids is 2. The van der Waals surface area contributed by atoms with Gasteiger partial charge in [0.1, 0.15) is 11.6 Å². The van der Waals surface area contributed by atoms with Gasteiger partial charge in [0.25, 0.3) is 11.8 Å². The molecule has 0 aliphatic carbocycles. The first-order valence-electron chi connectivity index (χ1n) is 11.3.